The van der Waals surface area contributed by atoms with Crippen LogP contribution in [0.1, 0.15) is 11.1 Å². The molecule has 0 atom stereocenters. The van der Waals surface area contributed by atoms with Crippen molar-refractivity contribution in [2.75, 3.05) is 6.26 Å². The van der Waals surface area contributed by atoms with Gasteiger partial charge in [-0.1, -0.05) is 51.8 Å². The maximum absolute atomic E-state index is 9.58. The van der Waals surface area contributed by atoms with Gasteiger partial charge in [-0.2, -0.15) is 5.26 Å². The smallest absolute Gasteiger partial charge is 0.180 e. The van der Waals surface area contributed by atoms with Crippen LogP contribution in [0.4, 0.5) is 5.82 Å². The number of hydrogen-bond acceptors (Lipinski definition) is 4. The molecule has 0 radical (unpaired) electrons. The van der Waals surface area contributed by atoms with Crippen molar-refractivity contribution < 1.29 is 0 Å². The van der Waals surface area contributed by atoms with Gasteiger partial charge in [0, 0.05) is 21.3 Å². The highest BCUT2D eigenvalue weighted by Gasteiger charge is 2.20. The maximum Gasteiger partial charge on any atom is 0.180 e. The van der Waals surface area contributed by atoms with Gasteiger partial charge in [0.25, 0.3) is 0 Å². The van der Waals surface area contributed by atoms with Gasteiger partial charge in [0.15, 0.2) is 11.5 Å². The Bertz CT molecular complexity index is 1220. The highest BCUT2D eigenvalue weighted by Crippen LogP contribution is 2.35. The van der Waals surface area contributed by atoms with Crippen LogP contribution in [-0.2, 0) is 0 Å². The summed E-state index contributed by atoms with van der Waals surface area (Å²) < 4.78 is 2.74. The number of fused-ring (bicyclic) bond motifs is 1. The predicted molar refractivity (Wildman–Crippen MR) is 118 cm³/mol. The minimum atomic E-state index is 0.513. The topological polar surface area (TPSA) is 69.2 Å². The second-order valence-electron chi connectivity index (χ2n) is 5.89. The fourth-order valence-electron chi connectivity index (χ4n) is 2.80. The molecule has 0 unspecified atom stereocenters. The van der Waals surface area contributed by atoms with Crippen LogP contribution in [0, 0.1) is 11.3 Å². The molecule has 2 heterocycles. The first kappa shape index (κ1) is 18.8. The molecule has 0 aliphatic heterocycles. The molecule has 0 saturated heterocycles. The lowest BCUT2D eigenvalue weighted by molar-refractivity contribution is 0.909. The van der Waals surface area contributed by atoms with E-state index in [9.17, 15) is 5.26 Å². The van der Waals surface area contributed by atoms with E-state index in [2.05, 4.69) is 32.1 Å². The van der Waals surface area contributed by atoms with E-state index in [-0.39, 0.29) is 0 Å². The summed E-state index contributed by atoms with van der Waals surface area (Å²) in [6.07, 6.45) is 3.67. The summed E-state index contributed by atoms with van der Waals surface area (Å²) in [7, 11) is 0. The van der Waals surface area contributed by atoms with Crippen molar-refractivity contribution >= 4 is 57.0 Å². The summed E-state index contributed by atoms with van der Waals surface area (Å²) in [6.45, 7) is 0. The quantitative estimate of drug-likeness (QED) is 0.290. The SMILES string of the molecule is CSc1[nH]n2c(N=Cc3ccc(Cl)cc3)c(-c3ccc(Br)cc3)nc2c1C#N. The van der Waals surface area contributed by atoms with Crippen molar-refractivity contribution in [3.05, 3.63) is 69.2 Å². The first-order chi connectivity index (χ1) is 13.6. The number of rotatable bonds is 4. The van der Waals surface area contributed by atoms with E-state index < -0.39 is 0 Å². The summed E-state index contributed by atoms with van der Waals surface area (Å²) in [5.41, 5.74) is 3.61. The lowest BCUT2D eigenvalue weighted by Gasteiger charge is -2.01. The average Bonchev–Trinajstić information content (AvgIpc) is 3.23. The molecule has 0 amide bonds. The van der Waals surface area contributed by atoms with Crippen LogP contribution in [0.25, 0.3) is 16.9 Å². The van der Waals surface area contributed by atoms with Gasteiger partial charge >= 0.3 is 0 Å². The molecule has 8 heteroatoms. The standard InChI is InChI=1S/C20H13BrClN5S/c1-28-20-16(10-23)18-25-17(13-4-6-14(21)7-5-13)19(27(18)26-20)24-11-12-2-8-15(22)9-3-12/h2-9,11,26H,1H3. The number of nitrogens with one attached hydrogen (secondary N) is 1. The highest BCUT2D eigenvalue weighted by molar-refractivity contribution is 9.10. The zero-order chi connectivity index (χ0) is 19.7. The Morgan fingerprint density at radius 2 is 1.93 bits per heavy atom. The van der Waals surface area contributed by atoms with Crippen molar-refractivity contribution in [2.45, 2.75) is 5.03 Å². The van der Waals surface area contributed by atoms with E-state index in [1.807, 2.05) is 54.8 Å². The first-order valence-corrected chi connectivity index (χ1v) is 10.6. The molecule has 5 nitrogen and oxygen atoms in total. The van der Waals surface area contributed by atoms with Crippen LogP contribution < -0.4 is 0 Å². The van der Waals surface area contributed by atoms with E-state index >= 15 is 0 Å². The highest BCUT2D eigenvalue weighted by atomic mass is 79.9. The van der Waals surface area contributed by atoms with Crippen molar-refractivity contribution in [3.8, 4) is 17.3 Å². The molecule has 2 aromatic carbocycles. The molecular weight excluding hydrogens is 458 g/mol. The van der Waals surface area contributed by atoms with Crippen LogP contribution in [0.3, 0.4) is 0 Å². The van der Waals surface area contributed by atoms with Crippen LogP contribution >= 0.6 is 39.3 Å². The maximum atomic E-state index is 9.58. The Morgan fingerprint density at radius 1 is 1.21 bits per heavy atom. The molecule has 0 saturated carbocycles. The minimum Gasteiger partial charge on any atom is -0.283 e. The molecule has 0 spiro atoms. The minimum absolute atomic E-state index is 0.513. The normalized spacial score (nSPS) is 11.4. The monoisotopic (exact) mass is 469 g/mol. The van der Waals surface area contributed by atoms with E-state index in [0.29, 0.717) is 27.7 Å². The predicted octanol–water partition coefficient (Wildman–Crippen LogP) is 6.09. The Kier molecular flexibility index (Phi) is 5.27. The van der Waals surface area contributed by atoms with Crippen molar-refractivity contribution in [2.24, 2.45) is 4.99 Å². The molecule has 4 aromatic rings. The first-order valence-electron chi connectivity index (χ1n) is 8.25. The Hall–Kier alpha value is -2.53. The molecule has 0 aliphatic carbocycles. The summed E-state index contributed by atoms with van der Waals surface area (Å²) in [6, 6.07) is 17.5. The zero-order valence-corrected chi connectivity index (χ0v) is 17.8. The third-order valence-corrected chi connectivity index (χ3v) is 5.64. The van der Waals surface area contributed by atoms with Crippen LogP contribution in [0.2, 0.25) is 5.02 Å². The van der Waals surface area contributed by atoms with Crippen LogP contribution in [0.5, 0.6) is 0 Å². The van der Waals surface area contributed by atoms with Crippen molar-refractivity contribution in [3.63, 3.8) is 0 Å². The molecule has 0 aliphatic rings. The number of hydrogen-bond donors (Lipinski definition) is 1. The summed E-state index contributed by atoms with van der Waals surface area (Å²) in [5, 5.41) is 14.2. The summed E-state index contributed by atoms with van der Waals surface area (Å²) in [5.74, 6) is 0.629. The van der Waals surface area contributed by atoms with E-state index in [1.165, 1.54) is 11.8 Å². The number of thioether (sulfide) groups is 1. The van der Waals surface area contributed by atoms with Gasteiger partial charge in [-0.3, -0.25) is 5.10 Å². The Morgan fingerprint density at radius 3 is 2.57 bits per heavy atom. The van der Waals surface area contributed by atoms with Crippen LogP contribution in [0.15, 0.2) is 63.0 Å². The van der Waals surface area contributed by atoms with Gasteiger partial charge in [-0.05, 0) is 36.1 Å². The fraction of sp³-hybridized carbons (Fsp3) is 0.0500. The second kappa shape index (κ2) is 7.84. The van der Waals surface area contributed by atoms with Gasteiger partial charge in [0.1, 0.15) is 22.4 Å². The molecule has 4 rings (SSSR count). The van der Waals surface area contributed by atoms with Crippen molar-refractivity contribution in [1.29, 1.82) is 5.26 Å². The number of H-pyrrole nitrogens is 1. The number of nitriles is 1. The van der Waals surface area contributed by atoms with Gasteiger partial charge in [-0.25, -0.2) is 14.5 Å². The van der Waals surface area contributed by atoms with E-state index in [0.717, 1.165) is 20.6 Å². The summed E-state index contributed by atoms with van der Waals surface area (Å²) >= 11 is 10.9. The molecule has 0 bridgehead atoms. The molecule has 2 aromatic heterocycles. The number of imidazole rings is 1. The number of aliphatic imine (C=N–C) groups is 1. The Labute approximate surface area is 179 Å². The molecule has 0 fully saturated rings. The number of aromatic nitrogens is 3. The zero-order valence-electron chi connectivity index (χ0n) is 14.6. The van der Waals surface area contributed by atoms with Gasteiger partial charge in [0.05, 0.1) is 0 Å². The summed E-state index contributed by atoms with van der Waals surface area (Å²) in [4.78, 5) is 9.41. The van der Waals surface area contributed by atoms with Gasteiger partial charge in [0.2, 0.25) is 0 Å². The number of aromatic amines is 1. The second-order valence-corrected chi connectivity index (χ2v) is 8.06. The lowest BCUT2D eigenvalue weighted by Crippen LogP contribution is -1.87. The van der Waals surface area contributed by atoms with Crippen LogP contribution in [-0.4, -0.2) is 27.1 Å². The Balaban J connectivity index is 1.91. The van der Waals surface area contributed by atoms with E-state index in [4.69, 9.17) is 16.6 Å². The third-order valence-electron chi connectivity index (χ3n) is 4.16. The molecule has 28 heavy (non-hydrogen) atoms. The average molecular weight is 471 g/mol. The number of benzene rings is 2. The van der Waals surface area contributed by atoms with Gasteiger partial charge < -0.3 is 0 Å². The molecule has 138 valence electrons. The number of nitrogens with zero attached hydrogens (tertiary/aromatic N) is 4. The third kappa shape index (κ3) is 3.47. The number of halogens is 2. The van der Waals surface area contributed by atoms with Crippen molar-refractivity contribution in [1.82, 2.24) is 14.6 Å². The molecule has 1 N–H and O–H groups in total. The molecular formula is C20H13BrClN5S. The van der Waals surface area contributed by atoms with E-state index in [1.54, 1.807) is 10.7 Å². The van der Waals surface area contributed by atoms with Gasteiger partial charge in [-0.15, -0.1) is 11.8 Å². The fourth-order valence-corrected chi connectivity index (χ4v) is 3.71. The largest absolute Gasteiger partial charge is 0.283 e. The lowest BCUT2D eigenvalue weighted by atomic mass is 10.1.